The molecule has 0 radical (unpaired) electrons. The summed E-state index contributed by atoms with van der Waals surface area (Å²) in [5.74, 6) is 1.71. The summed E-state index contributed by atoms with van der Waals surface area (Å²) in [7, 11) is 0. The van der Waals surface area contributed by atoms with Crippen molar-refractivity contribution in [2.24, 2.45) is 0 Å². The number of hydrogen-bond donors (Lipinski definition) is 2. The van der Waals surface area contributed by atoms with Gasteiger partial charge < -0.3 is 15.4 Å². The monoisotopic (exact) mass is 465 g/mol. The van der Waals surface area contributed by atoms with Crippen LogP contribution in [0.2, 0.25) is 0 Å². The van der Waals surface area contributed by atoms with E-state index in [0.29, 0.717) is 15.7 Å². The van der Waals surface area contributed by atoms with Crippen LogP contribution in [0.4, 0.5) is 5.69 Å². The molecule has 2 N–H and O–H groups in total. The summed E-state index contributed by atoms with van der Waals surface area (Å²) in [6.45, 7) is 6.59. The van der Waals surface area contributed by atoms with Crippen molar-refractivity contribution in [1.29, 1.82) is 5.26 Å². The molecule has 0 bridgehead atoms. The molecule has 1 fully saturated rings. The lowest BCUT2D eigenvalue weighted by Crippen LogP contribution is -2.37. The van der Waals surface area contributed by atoms with Crippen molar-refractivity contribution in [2.45, 2.75) is 19.9 Å². The van der Waals surface area contributed by atoms with Gasteiger partial charge >= 0.3 is 0 Å². The quantitative estimate of drug-likeness (QED) is 0.536. The number of rotatable bonds is 8. The first-order valence-electron chi connectivity index (χ1n) is 10.8. The molecule has 0 saturated carbocycles. The van der Waals surface area contributed by atoms with Gasteiger partial charge in [-0.15, -0.1) is 17.8 Å². The van der Waals surface area contributed by atoms with E-state index in [2.05, 4.69) is 33.6 Å². The largest absolute Gasteiger partial charge is 0.379 e. The van der Waals surface area contributed by atoms with Crippen LogP contribution >= 0.6 is 11.3 Å². The van der Waals surface area contributed by atoms with Gasteiger partial charge in [0, 0.05) is 38.1 Å². The third kappa shape index (κ3) is 6.33. The van der Waals surface area contributed by atoms with Crippen molar-refractivity contribution in [3.8, 4) is 18.4 Å². The summed E-state index contributed by atoms with van der Waals surface area (Å²) in [5.41, 5.74) is 1.68. The molecule has 0 aliphatic carbocycles. The second-order valence-electron chi connectivity index (χ2n) is 7.39. The molecule has 1 amide bonds. The molecule has 0 atom stereocenters. The van der Waals surface area contributed by atoms with Crippen LogP contribution in [-0.4, -0.2) is 54.8 Å². The third-order valence-electron chi connectivity index (χ3n) is 5.25. The number of thiazole rings is 1. The molecule has 1 aromatic heterocycles. The molecule has 8 nitrogen and oxygen atoms in total. The van der Waals surface area contributed by atoms with E-state index in [0.717, 1.165) is 56.3 Å². The Kier molecular flexibility index (Phi) is 8.85. The Morgan fingerprint density at radius 1 is 1.36 bits per heavy atom. The zero-order valence-corrected chi connectivity index (χ0v) is 19.4. The number of carbonyl (C=O) groups excluding carboxylic acids is 1. The highest BCUT2D eigenvalue weighted by molar-refractivity contribution is 7.07. The summed E-state index contributed by atoms with van der Waals surface area (Å²) in [6, 6.07) is 9.96. The van der Waals surface area contributed by atoms with E-state index in [9.17, 15) is 14.9 Å². The molecule has 9 heteroatoms. The molecule has 172 valence electrons. The lowest BCUT2D eigenvalue weighted by molar-refractivity contribution is -0.115. The highest BCUT2D eigenvalue weighted by Crippen LogP contribution is 2.12. The van der Waals surface area contributed by atoms with E-state index in [1.807, 2.05) is 18.2 Å². The molecule has 1 aliphatic heterocycles. The first-order valence-corrected chi connectivity index (χ1v) is 11.6. The SMILES string of the molecule is C#CCNC(=O)C(C#N)=c1sc(=CNc2cccc(CCN3CCOCC3)c2)c(=O)n1CC. The number of nitrogens with zero attached hydrogens (tertiary/aromatic N) is 3. The molecular formula is C24H27N5O3S. The van der Waals surface area contributed by atoms with E-state index >= 15 is 0 Å². The molecular weight excluding hydrogens is 438 g/mol. The number of anilines is 1. The number of morpholine rings is 1. The Bertz CT molecular complexity index is 1240. The maximum Gasteiger partial charge on any atom is 0.270 e. The van der Waals surface area contributed by atoms with Gasteiger partial charge in [0.25, 0.3) is 11.5 Å². The molecule has 0 unspecified atom stereocenters. The van der Waals surface area contributed by atoms with Crippen LogP contribution in [0.1, 0.15) is 12.5 Å². The van der Waals surface area contributed by atoms with Crippen molar-refractivity contribution in [1.82, 2.24) is 14.8 Å². The van der Waals surface area contributed by atoms with Crippen molar-refractivity contribution in [2.75, 3.05) is 44.7 Å². The minimum Gasteiger partial charge on any atom is -0.379 e. The molecule has 3 rings (SSSR count). The van der Waals surface area contributed by atoms with E-state index in [4.69, 9.17) is 11.2 Å². The van der Waals surface area contributed by atoms with E-state index in [-0.39, 0.29) is 17.7 Å². The number of aromatic nitrogens is 1. The van der Waals surface area contributed by atoms with Gasteiger partial charge in [0.15, 0.2) is 5.57 Å². The minimum atomic E-state index is -0.591. The lowest BCUT2D eigenvalue weighted by atomic mass is 10.1. The summed E-state index contributed by atoms with van der Waals surface area (Å²) in [6.07, 6.45) is 7.72. The Morgan fingerprint density at radius 2 is 2.15 bits per heavy atom. The minimum absolute atomic E-state index is 0.00810. The van der Waals surface area contributed by atoms with Gasteiger partial charge in [0.2, 0.25) is 0 Å². The zero-order chi connectivity index (χ0) is 23.6. The molecule has 2 heterocycles. The third-order valence-corrected chi connectivity index (χ3v) is 6.38. The fraction of sp³-hybridized carbons (Fsp3) is 0.375. The number of benzene rings is 1. The van der Waals surface area contributed by atoms with Crippen molar-refractivity contribution in [3.63, 3.8) is 0 Å². The van der Waals surface area contributed by atoms with Crippen LogP contribution in [0.3, 0.4) is 0 Å². The summed E-state index contributed by atoms with van der Waals surface area (Å²) in [4.78, 5) is 27.5. The van der Waals surface area contributed by atoms with Crippen LogP contribution in [0.15, 0.2) is 29.1 Å². The first kappa shape index (κ1) is 24.3. The number of carbonyl (C=O) groups is 1. The smallest absolute Gasteiger partial charge is 0.270 e. The Labute approximate surface area is 196 Å². The summed E-state index contributed by atoms with van der Waals surface area (Å²) >= 11 is 1.10. The van der Waals surface area contributed by atoms with Gasteiger partial charge in [-0.2, -0.15) is 5.26 Å². The Balaban J connectivity index is 1.82. The highest BCUT2D eigenvalue weighted by atomic mass is 32.1. The van der Waals surface area contributed by atoms with Crippen LogP contribution < -0.4 is 25.4 Å². The Hall–Kier alpha value is -3.37. The average Bonchev–Trinajstić information content (AvgIpc) is 3.16. The van der Waals surface area contributed by atoms with Gasteiger partial charge in [-0.25, -0.2) is 0 Å². The number of terminal acetylenes is 1. The standard InChI is InChI=1S/C24H27N5O3S/c1-3-9-26-22(30)20(16-25)24-29(4-2)23(31)21(33-24)17-27-19-7-5-6-18(15-19)8-10-28-11-13-32-14-12-28/h1,5-7,15,17,27H,4,8-14H2,2H3,(H,26,30). The molecule has 33 heavy (non-hydrogen) atoms. The summed E-state index contributed by atoms with van der Waals surface area (Å²) < 4.78 is 7.53. The fourth-order valence-electron chi connectivity index (χ4n) is 3.49. The van der Waals surface area contributed by atoms with Crippen LogP contribution in [0.5, 0.6) is 0 Å². The number of nitrogens with one attached hydrogen (secondary N) is 2. The van der Waals surface area contributed by atoms with E-state index < -0.39 is 5.91 Å². The van der Waals surface area contributed by atoms with E-state index in [1.54, 1.807) is 13.1 Å². The maximum atomic E-state index is 12.8. The second kappa shape index (κ2) is 12.0. The van der Waals surface area contributed by atoms with Crippen LogP contribution in [0, 0.1) is 23.7 Å². The molecule has 1 aromatic carbocycles. The highest BCUT2D eigenvalue weighted by Gasteiger charge is 2.14. The predicted octanol–water partition coefficient (Wildman–Crippen LogP) is 0.0782. The number of nitriles is 1. The zero-order valence-electron chi connectivity index (χ0n) is 18.6. The summed E-state index contributed by atoms with van der Waals surface area (Å²) in [5, 5.41) is 15.2. The van der Waals surface area contributed by atoms with Crippen LogP contribution in [-0.2, 0) is 22.5 Å². The second-order valence-corrected chi connectivity index (χ2v) is 8.42. The number of hydrogen-bond acceptors (Lipinski definition) is 7. The fourth-order valence-corrected chi connectivity index (χ4v) is 4.57. The van der Waals surface area contributed by atoms with Crippen LogP contribution in [0.25, 0.3) is 11.8 Å². The molecule has 1 aliphatic rings. The molecule has 1 saturated heterocycles. The van der Waals surface area contributed by atoms with Crippen molar-refractivity contribution in [3.05, 3.63) is 49.4 Å². The van der Waals surface area contributed by atoms with Crippen molar-refractivity contribution < 1.29 is 9.53 Å². The van der Waals surface area contributed by atoms with E-state index in [1.165, 1.54) is 10.1 Å². The van der Waals surface area contributed by atoms with Gasteiger partial charge in [-0.05, 0) is 31.0 Å². The van der Waals surface area contributed by atoms with Gasteiger partial charge in [0.1, 0.15) is 15.3 Å². The van der Waals surface area contributed by atoms with Gasteiger partial charge in [0.05, 0.1) is 19.8 Å². The van der Waals surface area contributed by atoms with Gasteiger partial charge in [-0.1, -0.05) is 18.1 Å². The first-order chi connectivity index (χ1) is 16.1. The number of amides is 1. The Morgan fingerprint density at radius 3 is 2.85 bits per heavy atom. The molecule has 2 aromatic rings. The molecule has 0 spiro atoms. The van der Waals surface area contributed by atoms with Crippen molar-refractivity contribution >= 4 is 34.7 Å². The topological polar surface area (TPSA) is 99.4 Å². The predicted molar refractivity (Wildman–Crippen MR) is 130 cm³/mol. The van der Waals surface area contributed by atoms with Gasteiger partial charge in [-0.3, -0.25) is 19.1 Å². The normalized spacial score (nSPS) is 15.4. The average molecular weight is 466 g/mol. The lowest BCUT2D eigenvalue weighted by Gasteiger charge is -2.26. The maximum absolute atomic E-state index is 12.8. The number of ether oxygens (including phenoxy) is 1.